The first-order chi connectivity index (χ1) is 7.83. The number of aromatic nitrogens is 1. The Morgan fingerprint density at radius 1 is 1.19 bits per heavy atom. The molecule has 2 rings (SSSR count). The van der Waals surface area contributed by atoms with Crippen molar-refractivity contribution in [3.8, 4) is 5.88 Å². The fourth-order valence-corrected chi connectivity index (χ4v) is 1.77. The van der Waals surface area contributed by atoms with Crippen molar-refractivity contribution in [2.75, 3.05) is 6.61 Å². The molecule has 2 heteroatoms. The summed E-state index contributed by atoms with van der Waals surface area (Å²) in [4.78, 5) is 4.30. The summed E-state index contributed by atoms with van der Waals surface area (Å²) in [7, 11) is 0. The summed E-state index contributed by atoms with van der Waals surface area (Å²) in [5.74, 6) is 0.759. The number of fused-ring (bicyclic) bond motifs is 1. The predicted octanol–water partition coefficient (Wildman–Crippen LogP) is 3.72. The molecule has 0 saturated heterocycles. The molecule has 0 radical (unpaired) electrons. The molecule has 0 aliphatic heterocycles. The van der Waals surface area contributed by atoms with Crippen LogP contribution in [-0.4, -0.2) is 11.6 Å². The molecule has 0 unspecified atom stereocenters. The minimum atomic E-state index is 0.747. The second-order valence-electron chi connectivity index (χ2n) is 3.99. The fourth-order valence-electron chi connectivity index (χ4n) is 1.77. The standard InChI is InChI=1S/C14H17NO/c1-3-4-10-16-14-13-7-5-6-11(2)12(13)8-9-15-14/h5-9H,3-4,10H2,1-2H3. The number of aryl methyl sites for hydroxylation is 1. The third-order valence-electron chi connectivity index (χ3n) is 2.72. The van der Waals surface area contributed by atoms with Gasteiger partial charge in [-0.25, -0.2) is 4.98 Å². The molecule has 0 bridgehead atoms. The lowest BCUT2D eigenvalue weighted by atomic mass is 10.1. The van der Waals surface area contributed by atoms with Crippen LogP contribution in [0.15, 0.2) is 30.5 Å². The number of nitrogens with zero attached hydrogens (tertiary/aromatic N) is 1. The maximum absolute atomic E-state index is 5.70. The number of pyridine rings is 1. The van der Waals surface area contributed by atoms with Crippen LogP contribution in [0, 0.1) is 6.92 Å². The Bertz CT molecular complexity index is 479. The summed E-state index contributed by atoms with van der Waals surface area (Å²) in [6.07, 6.45) is 4.03. The highest BCUT2D eigenvalue weighted by atomic mass is 16.5. The van der Waals surface area contributed by atoms with E-state index in [0.29, 0.717) is 0 Å². The van der Waals surface area contributed by atoms with Crippen molar-refractivity contribution >= 4 is 10.8 Å². The molecule has 2 aromatic rings. The van der Waals surface area contributed by atoms with Crippen molar-refractivity contribution in [3.05, 3.63) is 36.0 Å². The van der Waals surface area contributed by atoms with Gasteiger partial charge in [-0.1, -0.05) is 25.5 Å². The summed E-state index contributed by atoms with van der Waals surface area (Å²) >= 11 is 0. The van der Waals surface area contributed by atoms with E-state index in [1.54, 1.807) is 0 Å². The Balaban J connectivity index is 2.34. The van der Waals surface area contributed by atoms with Gasteiger partial charge in [-0.15, -0.1) is 0 Å². The first kappa shape index (κ1) is 10.9. The van der Waals surface area contributed by atoms with Crippen LogP contribution in [0.3, 0.4) is 0 Å². The number of hydrogen-bond donors (Lipinski definition) is 0. The van der Waals surface area contributed by atoms with Crippen LogP contribution in [0.1, 0.15) is 25.3 Å². The summed E-state index contributed by atoms with van der Waals surface area (Å²) in [6.45, 7) is 5.01. The van der Waals surface area contributed by atoms with E-state index in [1.807, 2.05) is 18.3 Å². The van der Waals surface area contributed by atoms with Gasteiger partial charge >= 0.3 is 0 Å². The van der Waals surface area contributed by atoms with Gasteiger partial charge in [0.05, 0.1) is 6.61 Å². The van der Waals surface area contributed by atoms with Gasteiger partial charge in [0.15, 0.2) is 0 Å². The van der Waals surface area contributed by atoms with Crippen molar-refractivity contribution in [1.82, 2.24) is 4.98 Å². The molecular weight excluding hydrogens is 198 g/mol. The summed E-state index contributed by atoms with van der Waals surface area (Å²) in [5, 5.41) is 2.34. The van der Waals surface area contributed by atoms with Crippen LogP contribution in [-0.2, 0) is 0 Å². The van der Waals surface area contributed by atoms with Gasteiger partial charge in [-0.3, -0.25) is 0 Å². The minimum Gasteiger partial charge on any atom is -0.477 e. The molecule has 0 saturated carbocycles. The maximum Gasteiger partial charge on any atom is 0.221 e. The average molecular weight is 215 g/mol. The van der Waals surface area contributed by atoms with Gasteiger partial charge in [0.25, 0.3) is 0 Å². The lowest BCUT2D eigenvalue weighted by molar-refractivity contribution is 0.302. The number of rotatable bonds is 4. The highest BCUT2D eigenvalue weighted by Crippen LogP contribution is 2.25. The molecule has 1 heterocycles. The van der Waals surface area contributed by atoms with Gasteiger partial charge in [-0.05, 0) is 36.4 Å². The molecule has 1 aromatic carbocycles. The smallest absolute Gasteiger partial charge is 0.221 e. The molecule has 2 nitrogen and oxygen atoms in total. The number of unbranched alkanes of at least 4 members (excludes halogenated alkanes) is 1. The highest BCUT2D eigenvalue weighted by Gasteiger charge is 2.04. The average Bonchev–Trinajstić information content (AvgIpc) is 2.31. The molecule has 0 aliphatic carbocycles. The third kappa shape index (κ3) is 2.16. The molecule has 0 N–H and O–H groups in total. The number of benzene rings is 1. The van der Waals surface area contributed by atoms with Crippen LogP contribution in [0.4, 0.5) is 0 Å². The van der Waals surface area contributed by atoms with Crippen molar-refractivity contribution in [1.29, 1.82) is 0 Å². The Hall–Kier alpha value is -1.57. The molecule has 0 amide bonds. The molecule has 0 aliphatic rings. The number of hydrogen-bond acceptors (Lipinski definition) is 2. The lowest BCUT2D eigenvalue weighted by Crippen LogP contribution is -1.99. The van der Waals surface area contributed by atoms with Crippen molar-refractivity contribution in [2.24, 2.45) is 0 Å². The largest absolute Gasteiger partial charge is 0.477 e. The Morgan fingerprint density at radius 2 is 2.06 bits per heavy atom. The summed E-state index contributed by atoms with van der Waals surface area (Å²) in [6, 6.07) is 8.26. The monoisotopic (exact) mass is 215 g/mol. The Kier molecular flexibility index (Phi) is 3.40. The van der Waals surface area contributed by atoms with E-state index >= 15 is 0 Å². The fraction of sp³-hybridized carbons (Fsp3) is 0.357. The summed E-state index contributed by atoms with van der Waals surface area (Å²) < 4.78 is 5.70. The van der Waals surface area contributed by atoms with Crippen molar-refractivity contribution in [3.63, 3.8) is 0 Å². The van der Waals surface area contributed by atoms with Gasteiger partial charge in [0.2, 0.25) is 5.88 Å². The molecule has 1 aromatic heterocycles. The lowest BCUT2D eigenvalue weighted by Gasteiger charge is -2.08. The molecule has 0 spiro atoms. The maximum atomic E-state index is 5.70. The van der Waals surface area contributed by atoms with Crippen LogP contribution >= 0.6 is 0 Å². The summed E-state index contributed by atoms with van der Waals surface area (Å²) in [5.41, 5.74) is 1.26. The first-order valence-electron chi connectivity index (χ1n) is 5.80. The zero-order chi connectivity index (χ0) is 11.4. The minimum absolute atomic E-state index is 0.747. The van der Waals surface area contributed by atoms with Crippen LogP contribution in [0.2, 0.25) is 0 Å². The predicted molar refractivity (Wildman–Crippen MR) is 66.9 cm³/mol. The van der Waals surface area contributed by atoms with Crippen LogP contribution in [0.25, 0.3) is 10.8 Å². The van der Waals surface area contributed by atoms with Crippen LogP contribution < -0.4 is 4.74 Å². The van der Waals surface area contributed by atoms with E-state index in [4.69, 9.17) is 4.74 Å². The van der Waals surface area contributed by atoms with E-state index in [1.165, 1.54) is 10.9 Å². The van der Waals surface area contributed by atoms with Crippen molar-refractivity contribution < 1.29 is 4.74 Å². The Labute approximate surface area is 96.3 Å². The van der Waals surface area contributed by atoms with Gasteiger partial charge in [0, 0.05) is 11.6 Å². The normalized spacial score (nSPS) is 10.6. The molecule has 16 heavy (non-hydrogen) atoms. The number of ether oxygens (including phenoxy) is 1. The molecule has 0 atom stereocenters. The zero-order valence-corrected chi connectivity index (χ0v) is 9.86. The SMILES string of the molecule is CCCCOc1nccc2c(C)cccc12. The topological polar surface area (TPSA) is 22.1 Å². The molecular formula is C14H17NO. The first-order valence-corrected chi connectivity index (χ1v) is 5.80. The van der Waals surface area contributed by atoms with E-state index in [9.17, 15) is 0 Å². The van der Waals surface area contributed by atoms with E-state index in [2.05, 4.69) is 31.0 Å². The van der Waals surface area contributed by atoms with Crippen molar-refractivity contribution in [2.45, 2.75) is 26.7 Å². The molecule has 84 valence electrons. The highest BCUT2D eigenvalue weighted by molar-refractivity contribution is 5.89. The van der Waals surface area contributed by atoms with E-state index in [-0.39, 0.29) is 0 Å². The molecule has 0 fully saturated rings. The Morgan fingerprint density at radius 3 is 2.88 bits per heavy atom. The second kappa shape index (κ2) is 4.97. The van der Waals surface area contributed by atoms with E-state index < -0.39 is 0 Å². The van der Waals surface area contributed by atoms with Crippen LogP contribution in [0.5, 0.6) is 5.88 Å². The van der Waals surface area contributed by atoms with Gasteiger partial charge < -0.3 is 4.74 Å². The zero-order valence-electron chi connectivity index (χ0n) is 9.86. The van der Waals surface area contributed by atoms with Gasteiger partial charge in [0.1, 0.15) is 0 Å². The van der Waals surface area contributed by atoms with E-state index in [0.717, 1.165) is 30.7 Å². The second-order valence-corrected chi connectivity index (χ2v) is 3.99. The third-order valence-corrected chi connectivity index (χ3v) is 2.72. The van der Waals surface area contributed by atoms with Gasteiger partial charge in [-0.2, -0.15) is 0 Å². The quantitative estimate of drug-likeness (QED) is 0.725.